The minimum Gasteiger partial charge on any atom is -0.416 e. The van der Waals surface area contributed by atoms with Gasteiger partial charge in [0.05, 0.1) is 23.6 Å². The Kier molecular flexibility index (Phi) is 6.26. The molecule has 0 saturated carbocycles. The smallest absolute Gasteiger partial charge is 0.309 e. The number of nitrogens with one attached hydrogen (secondary N) is 2. The summed E-state index contributed by atoms with van der Waals surface area (Å²) in [6, 6.07) is 8.08. The molecule has 1 aliphatic carbocycles. The number of hydrogen-bond acceptors (Lipinski definition) is 8. The Morgan fingerprint density at radius 1 is 1.17 bits per heavy atom. The summed E-state index contributed by atoms with van der Waals surface area (Å²) in [7, 11) is 1.86. The maximum atomic E-state index is 12.9. The molecule has 1 aromatic carbocycles. The lowest BCUT2D eigenvalue weighted by Crippen LogP contribution is -2.29. The van der Waals surface area contributed by atoms with Gasteiger partial charge in [-0.3, -0.25) is 9.48 Å². The third-order valence-electron chi connectivity index (χ3n) is 6.19. The molecule has 5 rings (SSSR count). The van der Waals surface area contributed by atoms with Gasteiger partial charge in [0.25, 0.3) is 0 Å². The van der Waals surface area contributed by atoms with Crippen LogP contribution in [-0.4, -0.2) is 35.9 Å². The van der Waals surface area contributed by atoms with Gasteiger partial charge in [-0.1, -0.05) is 39.3 Å². The number of benzene rings is 1. The summed E-state index contributed by atoms with van der Waals surface area (Å²) in [6.07, 6.45) is 9.19. The number of carbonyl (C=O) groups is 1. The molecule has 186 valence electrons. The largest absolute Gasteiger partial charge is 0.416 e. The molecule has 0 aliphatic heterocycles. The van der Waals surface area contributed by atoms with Crippen LogP contribution in [-0.2, 0) is 18.9 Å². The molecule has 3 aromatic heterocycles. The van der Waals surface area contributed by atoms with Gasteiger partial charge in [-0.2, -0.15) is 5.10 Å². The molecule has 0 fully saturated rings. The van der Waals surface area contributed by atoms with Crippen LogP contribution in [0, 0.1) is 0 Å². The van der Waals surface area contributed by atoms with Gasteiger partial charge in [0.2, 0.25) is 11.8 Å². The number of carbonyl (C=O) groups excluding carboxylic acids is 1. The zero-order valence-electron chi connectivity index (χ0n) is 20.9. The van der Waals surface area contributed by atoms with Crippen molar-refractivity contribution < 1.29 is 9.21 Å². The average Bonchev–Trinajstić information content (AvgIpc) is 3.46. The number of amides is 1. The molecular weight excluding hydrogens is 456 g/mol. The summed E-state index contributed by atoms with van der Waals surface area (Å²) in [5.41, 5.74) is 4.66. The molecule has 1 aliphatic rings. The minimum atomic E-state index is -0.346. The summed E-state index contributed by atoms with van der Waals surface area (Å²) in [5, 5.41) is 18.5. The molecule has 4 aromatic rings. The molecule has 0 unspecified atom stereocenters. The van der Waals surface area contributed by atoms with Crippen molar-refractivity contribution in [3.05, 3.63) is 65.8 Å². The summed E-state index contributed by atoms with van der Waals surface area (Å²) in [4.78, 5) is 21.9. The second kappa shape index (κ2) is 9.52. The monoisotopic (exact) mass is 486 g/mol. The van der Waals surface area contributed by atoms with Gasteiger partial charge < -0.3 is 15.1 Å². The highest BCUT2D eigenvalue weighted by atomic mass is 16.4. The van der Waals surface area contributed by atoms with Crippen LogP contribution in [0.5, 0.6) is 0 Å². The van der Waals surface area contributed by atoms with Crippen molar-refractivity contribution in [2.75, 3.05) is 5.32 Å². The van der Waals surface area contributed by atoms with E-state index in [1.807, 2.05) is 46.1 Å². The zero-order chi connectivity index (χ0) is 25.3. The van der Waals surface area contributed by atoms with E-state index in [1.54, 1.807) is 17.1 Å². The molecule has 0 saturated heterocycles. The van der Waals surface area contributed by atoms with E-state index >= 15 is 0 Å². The second-order valence-electron chi connectivity index (χ2n) is 10.1. The SMILES string of the molecule is Cn1cc(Nc2nccc(-c3ccc4c(c3)CCCC[C@@H]4NC(=O)c3nnc(C(C)(C)C)o3)n2)cn1. The quantitative estimate of drug-likeness (QED) is 0.395. The molecule has 10 heteroatoms. The number of aryl methyl sites for hydroxylation is 2. The van der Waals surface area contributed by atoms with Crippen molar-refractivity contribution in [2.24, 2.45) is 7.05 Å². The number of fused-ring (bicyclic) bond motifs is 1. The van der Waals surface area contributed by atoms with Crippen LogP contribution in [0.4, 0.5) is 11.6 Å². The Labute approximate surface area is 209 Å². The van der Waals surface area contributed by atoms with Gasteiger partial charge in [-0.05, 0) is 42.5 Å². The molecule has 0 spiro atoms. The van der Waals surface area contributed by atoms with Crippen LogP contribution in [0.3, 0.4) is 0 Å². The molecular formula is C26H30N8O2. The fourth-order valence-electron chi connectivity index (χ4n) is 4.32. The van der Waals surface area contributed by atoms with Crippen molar-refractivity contribution in [3.63, 3.8) is 0 Å². The van der Waals surface area contributed by atoms with Crippen LogP contribution >= 0.6 is 0 Å². The van der Waals surface area contributed by atoms with Gasteiger partial charge in [0.1, 0.15) is 0 Å². The predicted molar refractivity (Wildman–Crippen MR) is 135 cm³/mol. The van der Waals surface area contributed by atoms with Crippen LogP contribution in [0.1, 0.15) is 73.8 Å². The number of anilines is 2. The van der Waals surface area contributed by atoms with Gasteiger partial charge in [0, 0.05) is 30.4 Å². The van der Waals surface area contributed by atoms with Crippen LogP contribution in [0.25, 0.3) is 11.3 Å². The zero-order valence-corrected chi connectivity index (χ0v) is 20.9. The van der Waals surface area contributed by atoms with E-state index in [0.717, 1.165) is 48.2 Å². The van der Waals surface area contributed by atoms with E-state index in [4.69, 9.17) is 9.40 Å². The normalized spacial score (nSPS) is 15.7. The minimum absolute atomic E-state index is 0.00280. The topological polar surface area (TPSA) is 124 Å². The first-order valence-corrected chi connectivity index (χ1v) is 12.1. The maximum Gasteiger partial charge on any atom is 0.309 e. The maximum absolute atomic E-state index is 12.9. The number of aromatic nitrogens is 6. The Balaban J connectivity index is 1.36. The summed E-state index contributed by atoms with van der Waals surface area (Å²) >= 11 is 0. The summed E-state index contributed by atoms with van der Waals surface area (Å²) < 4.78 is 7.36. The molecule has 0 radical (unpaired) electrons. The number of hydrogen-bond donors (Lipinski definition) is 2. The van der Waals surface area contributed by atoms with Crippen LogP contribution in [0.15, 0.2) is 47.3 Å². The first-order valence-electron chi connectivity index (χ1n) is 12.1. The van der Waals surface area contributed by atoms with Crippen molar-refractivity contribution in [1.82, 2.24) is 35.3 Å². The molecule has 1 atom stereocenters. The van der Waals surface area contributed by atoms with Gasteiger partial charge >= 0.3 is 11.8 Å². The standard InChI is InChI=1S/C26H30N8O2/c1-26(2,3)24-33-32-23(36-24)22(35)30-21-8-6-5-7-16-13-17(9-10-19(16)21)20-11-12-27-25(31-20)29-18-14-28-34(4)15-18/h9-15,21H,5-8H2,1-4H3,(H,30,35)(H,27,29,31)/t21-/m0/s1. The summed E-state index contributed by atoms with van der Waals surface area (Å²) in [6.45, 7) is 5.91. The van der Waals surface area contributed by atoms with Gasteiger partial charge in [-0.25, -0.2) is 9.97 Å². The number of nitrogens with zero attached hydrogens (tertiary/aromatic N) is 6. The first kappa shape index (κ1) is 23.7. The predicted octanol–water partition coefficient (Wildman–Crippen LogP) is 4.50. The molecule has 10 nitrogen and oxygen atoms in total. The Hall–Kier alpha value is -4.08. The lowest BCUT2D eigenvalue weighted by molar-refractivity contribution is 0.0896. The fraction of sp³-hybridized carbons (Fsp3) is 0.385. The van der Waals surface area contributed by atoms with E-state index in [9.17, 15) is 4.79 Å². The highest BCUT2D eigenvalue weighted by Crippen LogP contribution is 2.32. The van der Waals surface area contributed by atoms with Crippen molar-refractivity contribution in [3.8, 4) is 11.3 Å². The third kappa shape index (κ3) is 5.12. The van der Waals surface area contributed by atoms with Crippen molar-refractivity contribution in [1.29, 1.82) is 0 Å². The van der Waals surface area contributed by atoms with E-state index in [1.165, 1.54) is 5.56 Å². The number of rotatable bonds is 5. The molecule has 1 amide bonds. The second-order valence-corrected chi connectivity index (χ2v) is 10.1. The highest BCUT2D eigenvalue weighted by molar-refractivity contribution is 5.89. The molecule has 0 bridgehead atoms. The fourth-order valence-corrected chi connectivity index (χ4v) is 4.32. The van der Waals surface area contributed by atoms with Crippen LogP contribution < -0.4 is 10.6 Å². The lowest BCUT2D eigenvalue weighted by atomic mass is 9.95. The van der Waals surface area contributed by atoms with E-state index < -0.39 is 0 Å². The average molecular weight is 487 g/mol. The van der Waals surface area contributed by atoms with E-state index in [-0.39, 0.29) is 23.3 Å². The third-order valence-corrected chi connectivity index (χ3v) is 6.19. The Bertz CT molecular complexity index is 1380. The van der Waals surface area contributed by atoms with Crippen molar-refractivity contribution in [2.45, 2.75) is 57.9 Å². The Morgan fingerprint density at radius 3 is 2.78 bits per heavy atom. The van der Waals surface area contributed by atoms with Gasteiger partial charge in [0.15, 0.2) is 0 Å². The summed E-state index contributed by atoms with van der Waals surface area (Å²) in [5.74, 6) is 0.606. The van der Waals surface area contributed by atoms with Gasteiger partial charge in [-0.15, -0.1) is 10.2 Å². The Morgan fingerprint density at radius 2 is 2.03 bits per heavy atom. The first-order chi connectivity index (χ1) is 17.3. The molecule has 2 N–H and O–H groups in total. The van der Waals surface area contributed by atoms with E-state index in [2.05, 4.69) is 43.0 Å². The lowest BCUT2D eigenvalue weighted by Gasteiger charge is -2.19. The molecule has 36 heavy (non-hydrogen) atoms. The van der Waals surface area contributed by atoms with Crippen LogP contribution in [0.2, 0.25) is 0 Å². The highest BCUT2D eigenvalue weighted by Gasteiger charge is 2.27. The van der Waals surface area contributed by atoms with Crippen molar-refractivity contribution >= 4 is 17.5 Å². The van der Waals surface area contributed by atoms with E-state index in [0.29, 0.717) is 11.8 Å². The molecule has 3 heterocycles.